The Morgan fingerprint density at radius 3 is 1.45 bits per heavy atom. The molecule has 1 atom stereocenters. The van der Waals surface area contributed by atoms with Gasteiger partial charge in [-0.15, -0.1) is 0 Å². The number of aliphatic carboxylic acids is 2. The standard InChI is InChI=1S/C40H71NO12/c1-34(42)32-52-29-27-50-25-18-20-37(44)33-53-30-28-51-26-24-41-38(45)23-22-35(40(48)49)31-36(43)19-16-14-12-10-8-6-4-2-3-5-7-9-11-13-15-17-21-39(46)47/h35H,2-33H2,1H3,(H,41,45)(H,46,47)(H,48,49)/t35-/m1/s1. The van der Waals surface area contributed by atoms with Gasteiger partial charge in [-0.3, -0.25) is 28.8 Å². The van der Waals surface area contributed by atoms with Gasteiger partial charge in [0, 0.05) is 45.3 Å². The van der Waals surface area contributed by atoms with Crippen molar-refractivity contribution in [2.75, 3.05) is 59.4 Å². The summed E-state index contributed by atoms with van der Waals surface area (Å²) in [5, 5.41) is 20.9. The number of carbonyl (C=O) groups is 6. The lowest BCUT2D eigenvalue weighted by Crippen LogP contribution is -2.29. The van der Waals surface area contributed by atoms with Crippen LogP contribution >= 0.6 is 0 Å². The fourth-order valence-corrected chi connectivity index (χ4v) is 5.70. The van der Waals surface area contributed by atoms with Gasteiger partial charge in [0.2, 0.25) is 5.91 Å². The van der Waals surface area contributed by atoms with Crippen molar-refractivity contribution < 1.29 is 57.9 Å². The van der Waals surface area contributed by atoms with Crippen molar-refractivity contribution in [2.24, 2.45) is 5.92 Å². The van der Waals surface area contributed by atoms with Gasteiger partial charge in [-0.05, 0) is 32.6 Å². The summed E-state index contributed by atoms with van der Waals surface area (Å²) >= 11 is 0. The number of hydrogen-bond acceptors (Lipinski definition) is 10. The Hall–Kier alpha value is -2.74. The number of carboxylic acids is 2. The Kier molecular flexibility index (Phi) is 35.6. The first-order valence-electron chi connectivity index (χ1n) is 20.2. The van der Waals surface area contributed by atoms with Gasteiger partial charge < -0.3 is 34.5 Å². The molecule has 53 heavy (non-hydrogen) atoms. The van der Waals surface area contributed by atoms with Gasteiger partial charge in [0.15, 0.2) is 11.6 Å². The first-order valence-corrected chi connectivity index (χ1v) is 20.2. The molecule has 0 aromatic rings. The Labute approximate surface area is 318 Å². The number of amides is 1. The van der Waals surface area contributed by atoms with Crippen LogP contribution in [0.25, 0.3) is 0 Å². The molecule has 0 aliphatic heterocycles. The molecule has 0 unspecified atom stereocenters. The maximum absolute atomic E-state index is 12.4. The summed E-state index contributed by atoms with van der Waals surface area (Å²) in [7, 11) is 0. The topological polar surface area (TPSA) is 192 Å². The van der Waals surface area contributed by atoms with Crippen molar-refractivity contribution in [3.8, 4) is 0 Å². The Balaban J connectivity index is 3.64. The molecule has 13 nitrogen and oxygen atoms in total. The summed E-state index contributed by atoms with van der Waals surface area (Å²) in [6.07, 6.45) is 19.8. The summed E-state index contributed by atoms with van der Waals surface area (Å²) in [6, 6.07) is 0. The number of rotatable bonds is 42. The number of Topliss-reactive ketones (excluding diaryl/α,β-unsaturated/α-hetero) is 3. The molecule has 13 heteroatoms. The van der Waals surface area contributed by atoms with Crippen LogP contribution in [-0.2, 0) is 47.7 Å². The molecule has 0 radical (unpaired) electrons. The maximum atomic E-state index is 12.4. The minimum absolute atomic E-state index is 0.0137. The highest BCUT2D eigenvalue weighted by atomic mass is 16.5. The molecule has 0 saturated heterocycles. The predicted molar refractivity (Wildman–Crippen MR) is 202 cm³/mol. The second-order valence-corrected chi connectivity index (χ2v) is 13.9. The van der Waals surface area contributed by atoms with Crippen molar-refractivity contribution in [3.05, 3.63) is 0 Å². The number of hydrogen-bond donors (Lipinski definition) is 3. The smallest absolute Gasteiger partial charge is 0.306 e. The molecule has 0 saturated carbocycles. The third-order valence-corrected chi connectivity index (χ3v) is 8.76. The highest BCUT2D eigenvalue weighted by Crippen LogP contribution is 2.17. The van der Waals surface area contributed by atoms with Crippen LogP contribution in [0.1, 0.15) is 155 Å². The quantitative estimate of drug-likeness (QED) is 0.0563. The van der Waals surface area contributed by atoms with Crippen molar-refractivity contribution in [2.45, 2.75) is 155 Å². The first-order chi connectivity index (χ1) is 25.6. The second kappa shape index (κ2) is 37.6. The van der Waals surface area contributed by atoms with Crippen molar-refractivity contribution in [1.29, 1.82) is 0 Å². The lowest BCUT2D eigenvalue weighted by atomic mass is 9.94. The average molecular weight is 758 g/mol. The molecule has 0 rings (SSSR count). The van der Waals surface area contributed by atoms with Gasteiger partial charge in [0.05, 0.1) is 39.0 Å². The highest BCUT2D eigenvalue weighted by Gasteiger charge is 2.22. The van der Waals surface area contributed by atoms with E-state index in [1.54, 1.807) is 0 Å². The van der Waals surface area contributed by atoms with E-state index in [0.717, 1.165) is 44.9 Å². The third-order valence-electron chi connectivity index (χ3n) is 8.76. The van der Waals surface area contributed by atoms with Crippen LogP contribution < -0.4 is 5.32 Å². The van der Waals surface area contributed by atoms with Crippen molar-refractivity contribution in [3.63, 3.8) is 0 Å². The van der Waals surface area contributed by atoms with E-state index in [-0.39, 0.29) is 88.5 Å². The van der Waals surface area contributed by atoms with Crippen LogP contribution in [0.4, 0.5) is 0 Å². The molecular formula is C40H71NO12. The SMILES string of the molecule is CC(=O)COCCOCCCC(=O)COCCOCCNC(=O)CC[C@H](CC(=O)CCCCCCCCCCCCCCCCCCC(=O)O)C(=O)O. The molecule has 0 aromatic heterocycles. The monoisotopic (exact) mass is 757 g/mol. The first kappa shape index (κ1) is 50.3. The number of ether oxygens (including phenoxy) is 4. The van der Waals surface area contributed by atoms with E-state index in [1.165, 1.54) is 64.7 Å². The fourth-order valence-electron chi connectivity index (χ4n) is 5.70. The number of nitrogens with one attached hydrogen (secondary N) is 1. The minimum atomic E-state index is -1.06. The largest absolute Gasteiger partial charge is 0.481 e. The van der Waals surface area contributed by atoms with Gasteiger partial charge >= 0.3 is 11.9 Å². The molecule has 3 N–H and O–H groups in total. The normalized spacial score (nSPS) is 11.7. The molecule has 0 heterocycles. The fraction of sp³-hybridized carbons (Fsp3) is 0.850. The summed E-state index contributed by atoms with van der Waals surface area (Å²) in [4.78, 5) is 69.4. The zero-order chi connectivity index (χ0) is 39.2. The summed E-state index contributed by atoms with van der Waals surface area (Å²) in [6.45, 7) is 3.65. The molecule has 308 valence electrons. The lowest BCUT2D eigenvalue weighted by molar-refractivity contribution is -0.144. The predicted octanol–water partition coefficient (Wildman–Crippen LogP) is 6.65. The van der Waals surface area contributed by atoms with Gasteiger partial charge in [-0.1, -0.05) is 89.9 Å². The van der Waals surface area contributed by atoms with E-state index in [4.69, 9.17) is 24.1 Å². The molecule has 0 bridgehead atoms. The van der Waals surface area contributed by atoms with Crippen LogP contribution in [-0.4, -0.2) is 105 Å². The van der Waals surface area contributed by atoms with E-state index in [1.807, 2.05) is 0 Å². The zero-order valence-corrected chi connectivity index (χ0v) is 32.7. The number of carbonyl (C=O) groups excluding carboxylic acids is 4. The number of ketones is 3. The minimum Gasteiger partial charge on any atom is -0.481 e. The Morgan fingerprint density at radius 2 is 0.943 bits per heavy atom. The molecule has 0 aliphatic rings. The van der Waals surface area contributed by atoms with Crippen LogP contribution in [0, 0.1) is 5.92 Å². The van der Waals surface area contributed by atoms with E-state index in [0.29, 0.717) is 39.1 Å². The summed E-state index contributed by atoms with van der Waals surface area (Å²) < 4.78 is 21.1. The molecule has 1 amide bonds. The third kappa shape index (κ3) is 38.8. The lowest BCUT2D eigenvalue weighted by Gasteiger charge is -2.12. The Bertz CT molecular complexity index is 973. The molecule has 0 aliphatic carbocycles. The second-order valence-electron chi connectivity index (χ2n) is 13.9. The van der Waals surface area contributed by atoms with Gasteiger partial charge in [-0.25, -0.2) is 0 Å². The molecule has 0 aromatic carbocycles. The van der Waals surface area contributed by atoms with Crippen LogP contribution in [0.2, 0.25) is 0 Å². The summed E-state index contributed by atoms with van der Waals surface area (Å²) in [5.41, 5.74) is 0. The maximum Gasteiger partial charge on any atom is 0.306 e. The van der Waals surface area contributed by atoms with Gasteiger partial charge in [-0.2, -0.15) is 0 Å². The molecule has 0 spiro atoms. The number of unbranched alkanes of at least 4 members (excludes halogenated alkanes) is 15. The van der Waals surface area contributed by atoms with E-state index < -0.39 is 17.9 Å². The average Bonchev–Trinajstić information content (AvgIpc) is 3.11. The number of carboxylic acid groups (broad SMARTS) is 2. The summed E-state index contributed by atoms with van der Waals surface area (Å²) in [5.74, 6) is -3.06. The van der Waals surface area contributed by atoms with E-state index >= 15 is 0 Å². The molecule has 0 fully saturated rings. The van der Waals surface area contributed by atoms with Crippen LogP contribution in [0.3, 0.4) is 0 Å². The Morgan fingerprint density at radius 1 is 0.491 bits per heavy atom. The van der Waals surface area contributed by atoms with E-state index in [2.05, 4.69) is 5.32 Å². The highest BCUT2D eigenvalue weighted by molar-refractivity contribution is 5.84. The van der Waals surface area contributed by atoms with Crippen LogP contribution in [0.5, 0.6) is 0 Å². The van der Waals surface area contributed by atoms with E-state index in [9.17, 15) is 33.9 Å². The van der Waals surface area contributed by atoms with Gasteiger partial charge in [0.1, 0.15) is 19.0 Å². The molecular weight excluding hydrogens is 686 g/mol. The van der Waals surface area contributed by atoms with Crippen molar-refractivity contribution in [1.82, 2.24) is 5.32 Å². The van der Waals surface area contributed by atoms with Crippen molar-refractivity contribution >= 4 is 35.2 Å². The zero-order valence-electron chi connectivity index (χ0n) is 32.7. The van der Waals surface area contributed by atoms with Crippen LogP contribution in [0.15, 0.2) is 0 Å². The van der Waals surface area contributed by atoms with Gasteiger partial charge in [0.25, 0.3) is 0 Å².